The van der Waals surface area contributed by atoms with Crippen LogP contribution >= 0.6 is 0 Å². The third-order valence-corrected chi connectivity index (χ3v) is 4.86. The molecular formula is C25H22N2O2. The maximum Gasteiger partial charge on any atom is 0.282 e. The summed E-state index contributed by atoms with van der Waals surface area (Å²) < 4.78 is 5.42. The lowest BCUT2D eigenvalue weighted by Gasteiger charge is -2.19. The van der Waals surface area contributed by atoms with Gasteiger partial charge in [-0.3, -0.25) is 9.69 Å². The molecule has 0 aromatic heterocycles. The van der Waals surface area contributed by atoms with Crippen molar-refractivity contribution in [3.05, 3.63) is 101 Å². The number of methoxy groups -OCH3 is 1. The molecule has 1 heterocycles. The maximum absolute atomic E-state index is 13.4. The molecule has 4 heteroatoms. The molecule has 3 aromatic rings. The van der Waals surface area contributed by atoms with Crippen molar-refractivity contribution in [3.8, 4) is 5.75 Å². The van der Waals surface area contributed by atoms with Crippen molar-refractivity contribution < 1.29 is 9.53 Å². The molecule has 1 amide bonds. The summed E-state index contributed by atoms with van der Waals surface area (Å²) in [5, 5.41) is 0. The number of amidine groups is 1. The molecule has 4 rings (SSSR count). The van der Waals surface area contributed by atoms with Gasteiger partial charge < -0.3 is 4.74 Å². The fourth-order valence-corrected chi connectivity index (χ4v) is 3.35. The zero-order valence-corrected chi connectivity index (χ0v) is 16.7. The Labute approximate surface area is 170 Å². The summed E-state index contributed by atoms with van der Waals surface area (Å²) in [5.74, 6) is 1.17. The molecule has 0 aliphatic carbocycles. The van der Waals surface area contributed by atoms with Crippen molar-refractivity contribution >= 4 is 23.5 Å². The summed E-state index contributed by atoms with van der Waals surface area (Å²) in [5.41, 5.74) is 5.14. The molecular weight excluding hydrogens is 360 g/mol. The number of carbonyl (C=O) groups is 1. The van der Waals surface area contributed by atoms with Gasteiger partial charge in [0.1, 0.15) is 17.3 Å². The predicted octanol–water partition coefficient (Wildman–Crippen LogP) is 5.15. The molecule has 0 saturated heterocycles. The molecule has 1 aliphatic rings. The van der Waals surface area contributed by atoms with E-state index in [9.17, 15) is 4.79 Å². The van der Waals surface area contributed by atoms with Gasteiger partial charge in [0.25, 0.3) is 5.91 Å². The van der Waals surface area contributed by atoms with E-state index < -0.39 is 0 Å². The van der Waals surface area contributed by atoms with Crippen LogP contribution in [0.1, 0.15) is 22.3 Å². The van der Waals surface area contributed by atoms with E-state index in [0.717, 1.165) is 27.9 Å². The molecule has 144 valence electrons. The second-order valence-corrected chi connectivity index (χ2v) is 7.05. The fourth-order valence-electron chi connectivity index (χ4n) is 3.35. The Kier molecular flexibility index (Phi) is 5.00. The third-order valence-electron chi connectivity index (χ3n) is 4.86. The lowest BCUT2D eigenvalue weighted by molar-refractivity contribution is -0.113. The van der Waals surface area contributed by atoms with Crippen molar-refractivity contribution in [3.63, 3.8) is 0 Å². The summed E-state index contributed by atoms with van der Waals surface area (Å²) in [4.78, 5) is 19.8. The quantitative estimate of drug-likeness (QED) is 0.586. The Morgan fingerprint density at radius 1 is 0.897 bits per heavy atom. The van der Waals surface area contributed by atoms with Crippen molar-refractivity contribution in [2.75, 3.05) is 12.0 Å². The van der Waals surface area contributed by atoms with E-state index in [1.54, 1.807) is 18.1 Å². The average molecular weight is 382 g/mol. The molecule has 0 saturated carbocycles. The van der Waals surface area contributed by atoms with Crippen LogP contribution in [-0.2, 0) is 4.79 Å². The number of hydrogen-bond acceptors (Lipinski definition) is 3. The van der Waals surface area contributed by atoms with Crippen LogP contribution in [0.5, 0.6) is 5.75 Å². The van der Waals surface area contributed by atoms with Crippen LogP contribution in [0.25, 0.3) is 6.08 Å². The Morgan fingerprint density at radius 2 is 1.66 bits per heavy atom. The summed E-state index contributed by atoms with van der Waals surface area (Å²) in [7, 11) is 1.62. The van der Waals surface area contributed by atoms with Crippen molar-refractivity contribution in [2.24, 2.45) is 4.99 Å². The highest BCUT2D eigenvalue weighted by atomic mass is 16.5. The lowest BCUT2D eigenvalue weighted by atomic mass is 10.1. The number of hydrogen-bond donors (Lipinski definition) is 0. The second-order valence-electron chi connectivity index (χ2n) is 7.05. The van der Waals surface area contributed by atoms with Crippen LogP contribution in [0.3, 0.4) is 0 Å². The first-order chi connectivity index (χ1) is 14.1. The maximum atomic E-state index is 13.4. The van der Waals surface area contributed by atoms with Gasteiger partial charge in [0, 0.05) is 11.1 Å². The second kappa shape index (κ2) is 7.76. The first-order valence-electron chi connectivity index (χ1n) is 9.48. The van der Waals surface area contributed by atoms with Gasteiger partial charge in [-0.1, -0.05) is 60.2 Å². The van der Waals surface area contributed by atoms with E-state index in [-0.39, 0.29) is 5.91 Å². The van der Waals surface area contributed by atoms with Crippen LogP contribution < -0.4 is 9.64 Å². The normalized spacial score (nSPS) is 15.0. The van der Waals surface area contributed by atoms with Gasteiger partial charge >= 0.3 is 0 Å². The number of amides is 1. The number of ether oxygens (including phenoxy) is 1. The largest absolute Gasteiger partial charge is 0.496 e. The van der Waals surface area contributed by atoms with E-state index in [0.29, 0.717) is 17.3 Å². The summed E-state index contributed by atoms with van der Waals surface area (Å²) in [6.45, 7) is 4.05. The van der Waals surface area contributed by atoms with Gasteiger partial charge in [-0.05, 0) is 43.7 Å². The molecule has 0 bridgehead atoms. The van der Waals surface area contributed by atoms with Gasteiger partial charge in [-0.2, -0.15) is 0 Å². The third kappa shape index (κ3) is 3.69. The van der Waals surface area contributed by atoms with E-state index in [2.05, 4.69) is 0 Å². The molecule has 3 aromatic carbocycles. The number of aryl methyl sites for hydroxylation is 2. The van der Waals surface area contributed by atoms with Gasteiger partial charge in [-0.25, -0.2) is 4.99 Å². The molecule has 1 aliphatic heterocycles. The van der Waals surface area contributed by atoms with E-state index >= 15 is 0 Å². The Morgan fingerprint density at radius 3 is 2.38 bits per heavy atom. The molecule has 0 fully saturated rings. The minimum absolute atomic E-state index is 0.155. The number of carbonyl (C=O) groups excluding carboxylic acids is 1. The lowest BCUT2D eigenvalue weighted by Crippen LogP contribution is -2.32. The van der Waals surface area contributed by atoms with Crippen LogP contribution in [0.2, 0.25) is 0 Å². The molecule has 29 heavy (non-hydrogen) atoms. The Balaban J connectivity index is 1.85. The van der Waals surface area contributed by atoms with E-state index in [1.807, 2.05) is 86.6 Å². The Bertz CT molecular complexity index is 1130. The van der Waals surface area contributed by atoms with Gasteiger partial charge in [0.2, 0.25) is 0 Å². The number of nitrogens with zero attached hydrogens (tertiary/aromatic N) is 2. The van der Waals surface area contributed by atoms with Crippen LogP contribution in [0, 0.1) is 13.8 Å². The van der Waals surface area contributed by atoms with Gasteiger partial charge in [-0.15, -0.1) is 0 Å². The van der Waals surface area contributed by atoms with Crippen molar-refractivity contribution in [1.82, 2.24) is 0 Å². The Hall–Kier alpha value is -3.66. The molecule has 4 nitrogen and oxygen atoms in total. The first kappa shape index (κ1) is 18.7. The number of anilines is 1. The van der Waals surface area contributed by atoms with E-state index in [1.165, 1.54) is 0 Å². The highest BCUT2D eigenvalue weighted by Crippen LogP contribution is 2.30. The molecule has 0 radical (unpaired) electrons. The highest BCUT2D eigenvalue weighted by molar-refractivity contribution is 6.33. The number of aliphatic imine (C=N–C) groups is 1. The van der Waals surface area contributed by atoms with Crippen molar-refractivity contribution in [1.29, 1.82) is 0 Å². The van der Waals surface area contributed by atoms with Gasteiger partial charge in [0.05, 0.1) is 12.8 Å². The van der Waals surface area contributed by atoms with Crippen LogP contribution in [-0.4, -0.2) is 18.9 Å². The minimum atomic E-state index is -0.155. The summed E-state index contributed by atoms with van der Waals surface area (Å²) >= 11 is 0. The fraction of sp³-hybridized carbons (Fsp3) is 0.120. The summed E-state index contributed by atoms with van der Waals surface area (Å²) in [6, 6.07) is 23.5. The van der Waals surface area contributed by atoms with E-state index in [4.69, 9.17) is 9.73 Å². The SMILES string of the molecule is COc1ccccc1/C=C1/N=C(c2ccc(C)cc2)N(c2cccc(C)c2)C1=O. The first-order valence-corrected chi connectivity index (χ1v) is 9.48. The average Bonchev–Trinajstić information content (AvgIpc) is 3.05. The minimum Gasteiger partial charge on any atom is -0.496 e. The van der Waals surface area contributed by atoms with Crippen LogP contribution in [0.15, 0.2) is 83.5 Å². The topological polar surface area (TPSA) is 41.9 Å². The molecule has 0 N–H and O–H groups in total. The number of rotatable bonds is 4. The zero-order chi connectivity index (χ0) is 20.4. The monoisotopic (exact) mass is 382 g/mol. The zero-order valence-electron chi connectivity index (χ0n) is 16.7. The molecule has 0 atom stereocenters. The van der Waals surface area contributed by atoms with Crippen molar-refractivity contribution in [2.45, 2.75) is 13.8 Å². The number of para-hydroxylation sites is 1. The molecule has 0 unspecified atom stereocenters. The molecule has 0 spiro atoms. The smallest absolute Gasteiger partial charge is 0.282 e. The van der Waals surface area contributed by atoms with Gasteiger partial charge in [0.15, 0.2) is 0 Å². The summed E-state index contributed by atoms with van der Waals surface area (Å²) in [6.07, 6.45) is 1.78. The van der Waals surface area contributed by atoms with Crippen LogP contribution in [0.4, 0.5) is 5.69 Å². The highest BCUT2D eigenvalue weighted by Gasteiger charge is 2.32. The standard InChI is InChI=1S/C25H22N2O2/c1-17-11-13-19(14-12-17)24-26-22(16-20-8-4-5-10-23(20)29-3)25(28)27(24)21-9-6-7-18(2)15-21/h4-16H,1-3H3/b22-16+. The number of benzene rings is 3. The predicted molar refractivity (Wildman–Crippen MR) is 117 cm³/mol.